The van der Waals surface area contributed by atoms with Gasteiger partial charge in [0, 0.05) is 6.08 Å². The molecule has 0 aromatic heterocycles. The molecule has 3 N–H and O–H groups in total. The van der Waals surface area contributed by atoms with Crippen molar-refractivity contribution >= 4 is 15.9 Å². The zero-order valence-electron chi connectivity index (χ0n) is 4.44. The van der Waals surface area contributed by atoms with Crippen LogP contribution in [0.2, 0.25) is 0 Å². The molecule has 0 amide bonds. The van der Waals surface area contributed by atoms with Gasteiger partial charge in [-0.25, -0.2) is 0 Å². The predicted octanol–water partition coefficient (Wildman–Crippen LogP) is 0.432. The summed E-state index contributed by atoms with van der Waals surface area (Å²) < 4.78 is -0.281. The van der Waals surface area contributed by atoms with Crippen LogP contribution in [-0.4, -0.2) is 4.45 Å². The average Bonchev–Trinajstić information content (AvgIpc) is 1.82. The number of alkyl halides is 1. The Morgan fingerprint density at radius 3 is 2.75 bits per heavy atom. The van der Waals surface area contributed by atoms with Crippen LogP contribution in [0.3, 0.4) is 0 Å². The SMILES string of the molecule is CC1(Br)C=C(N)ON1. The van der Waals surface area contributed by atoms with E-state index >= 15 is 0 Å². The molecule has 46 valence electrons. The van der Waals surface area contributed by atoms with Gasteiger partial charge in [0.2, 0.25) is 5.88 Å². The zero-order chi connectivity index (χ0) is 6.20. The van der Waals surface area contributed by atoms with Gasteiger partial charge in [0.25, 0.3) is 0 Å². The molecule has 1 unspecified atom stereocenters. The second-order valence-corrected chi connectivity index (χ2v) is 3.47. The molecule has 1 atom stereocenters. The van der Waals surface area contributed by atoms with Crippen LogP contribution in [0.25, 0.3) is 0 Å². The van der Waals surface area contributed by atoms with Gasteiger partial charge < -0.3 is 10.6 Å². The summed E-state index contributed by atoms with van der Waals surface area (Å²) in [5.41, 5.74) is 7.90. The molecular weight excluding hydrogens is 172 g/mol. The summed E-state index contributed by atoms with van der Waals surface area (Å²) in [7, 11) is 0. The predicted molar refractivity (Wildman–Crippen MR) is 33.8 cm³/mol. The monoisotopic (exact) mass is 178 g/mol. The third-order valence-corrected chi connectivity index (χ3v) is 1.17. The second kappa shape index (κ2) is 1.63. The molecule has 1 aliphatic rings. The molecule has 3 nitrogen and oxygen atoms in total. The number of hydroxylamine groups is 1. The molecule has 0 saturated heterocycles. The van der Waals surface area contributed by atoms with Crippen LogP contribution in [0.5, 0.6) is 0 Å². The Hall–Kier alpha value is -0.220. The van der Waals surface area contributed by atoms with Crippen molar-refractivity contribution in [2.75, 3.05) is 0 Å². The van der Waals surface area contributed by atoms with Gasteiger partial charge in [0.1, 0.15) is 4.45 Å². The lowest BCUT2D eigenvalue weighted by molar-refractivity contribution is 0.112. The van der Waals surface area contributed by atoms with Crippen molar-refractivity contribution in [3.05, 3.63) is 12.0 Å². The van der Waals surface area contributed by atoms with E-state index in [4.69, 9.17) is 10.6 Å². The lowest BCUT2D eigenvalue weighted by Gasteiger charge is -2.08. The fraction of sp³-hybridized carbons (Fsp3) is 0.500. The van der Waals surface area contributed by atoms with Crippen molar-refractivity contribution in [1.82, 2.24) is 5.48 Å². The summed E-state index contributed by atoms with van der Waals surface area (Å²) in [5, 5.41) is 0. The van der Waals surface area contributed by atoms with Crippen molar-refractivity contribution in [2.24, 2.45) is 5.73 Å². The standard InChI is InChI=1S/C4H7BrN2O/c1-4(5)2-3(6)8-7-4/h2,7H,6H2,1H3. The van der Waals surface area contributed by atoms with Gasteiger partial charge in [0.15, 0.2) is 0 Å². The number of hydrogen-bond acceptors (Lipinski definition) is 3. The highest BCUT2D eigenvalue weighted by Gasteiger charge is 2.24. The highest BCUT2D eigenvalue weighted by molar-refractivity contribution is 9.10. The fourth-order valence-corrected chi connectivity index (χ4v) is 0.791. The molecule has 0 saturated carbocycles. The molecule has 1 heterocycles. The first-order valence-electron chi connectivity index (χ1n) is 2.21. The molecule has 4 heteroatoms. The van der Waals surface area contributed by atoms with Gasteiger partial charge in [-0.2, -0.15) is 0 Å². The first-order valence-corrected chi connectivity index (χ1v) is 3.01. The summed E-state index contributed by atoms with van der Waals surface area (Å²) in [6.07, 6.45) is 1.74. The Kier molecular flexibility index (Phi) is 1.21. The van der Waals surface area contributed by atoms with Gasteiger partial charge >= 0.3 is 0 Å². The number of halogens is 1. The third kappa shape index (κ3) is 1.14. The number of nitrogens with one attached hydrogen (secondary N) is 1. The third-order valence-electron chi connectivity index (χ3n) is 0.782. The van der Waals surface area contributed by atoms with Crippen LogP contribution >= 0.6 is 15.9 Å². The van der Waals surface area contributed by atoms with Crippen LogP contribution in [0.15, 0.2) is 12.0 Å². The summed E-state index contributed by atoms with van der Waals surface area (Å²) >= 11 is 3.29. The Balaban J connectivity index is 2.67. The molecule has 0 aromatic rings. The lowest BCUT2D eigenvalue weighted by Crippen LogP contribution is -2.27. The Labute approximate surface area is 56.0 Å². The normalized spacial score (nSPS) is 36.5. The Bertz CT molecular complexity index is 132. The first kappa shape index (κ1) is 5.91. The van der Waals surface area contributed by atoms with E-state index < -0.39 is 0 Å². The minimum absolute atomic E-state index is 0.281. The second-order valence-electron chi connectivity index (χ2n) is 1.83. The van der Waals surface area contributed by atoms with E-state index in [2.05, 4.69) is 21.4 Å². The van der Waals surface area contributed by atoms with E-state index in [-0.39, 0.29) is 4.45 Å². The van der Waals surface area contributed by atoms with E-state index in [1.54, 1.807) is 6.08 Å². The number of nitrogens with two attached hydrogens (primary N) is 1. The summed E-state index contributed by atoms with van der Waals surface area (Å²) in [6.45, 7) is 1.90. The number of rotatable bonds is 0. The van der Waals surface area contributed by atoms with Crippen molar-refractivity contribution < 1.29 is 4.84 Å². The summed E-state index contributed by atoms with van der Waals surface area (Å²) in [6, 6.07) is 0. The first-order chi connectivity index (χ1) is 3.60. The largest absolute Gasteiger partial charge is 0.390 e. The van der Waals surface area contributed by atoms with E-state index in [0.29, 0.717) is 5.88 Å². The van der Waals surface area contributed by atoms with Gasteiger partial charge in [-0.05, 0) is 6.92 Å². The highest BCUT2D eigenvalue weighted by atomic mass is 79.9. The zero-order valence-corrected chi connectivity index (χ0v) is 6.03. The van der Waals surface area contributed by atoms with Gasteiger partial charge in [-0.15, -0.1) is 5.48 Å². The van der Waals surface area contributed by atoms with Gasteiger partial charge in [0.05, 0.1) is 0 Å². The molecule has 0 fully saturated rings. The summed E-state index contributed by atoms with van der Waals surface area (Å²) in [5.74, 6) is 0.407. The van der Waals surface area contributed by atoms with E-state index in [1.807, 2.05) is 6.92 Å². The Morgan fingerprint density at radius 1 is 2.00 bits per heavy atom. The van der Waals surface area contributed by atoms with E-state index in [0.717, 1.165) is 0 Å². The molecule has 0 radical (unpaired) electrons. The lowest BCUT2D eigenvalue weighted by atomic mass is 10.4. The van der Waals surface area contributed by atoms with Gasteiger partial charge in [-0.1, -0.05) is 15.9 Å². The van der Waals surface area contributed by atoms with Crippen LogP contribution in [0, 0.1) is 0 Å². The maximum atomic E-state index is 5.26. The quantitative estimate of drug-likeness (QED) is 0.418. The minimum Gasteiger partial charge on any atom is -0.390 e. The van der Waals surface area contributed by atoms with Crippen LogP contribution in [-0.2, 0) is 4.84 Å². The van der Waals surface area contributed by atoms with Gasteiger partial charge in [-0.3, -0.25) is 0 Å². The summed E-state index contributed by atoms with van der Waals surface area (Å²) in [4.78, 5) is 4.71. The molecule has 0 aliphatic carbocycles. The minimum atomic E-state index is -0.281. The van der Waals surface area contributed by atoms with Crippen molar-refractivity contribution in [1.29, 1.82) is 0 Å². The molecule has 8 heavy (non-hydrogen) atoms. The highest BCUT2D eigenvalue weighted by Crippen LogP contribution is 2.20. The average molecular weight is 179 g/mol. The molecular formula is C4H7BrN2O. The molecule has 0 bridgehead atoms. The molecule has 1 rings (SSSR count). The maximum Gasteiger partial charge on any atom is 0.208 e. The smallest absolute Gasteiger partial charge is 0.208 e. The van der Waals surface area contributed by atoms with Crippen LogP contribution in [0.1, 0.15) is 6.92 Å². The molecule has 0 spiro atoms. The van der Waals surface area contributed by atoms with E-state index in [9.17, 15) is 0 Å². The fourth-order valence-electron chi connectivity index (χ4n) is 0.485. The number of hydrogen-bond donors (Lipinski definition) is 2. The van der Waals surface area contributed by atoms with E-state index in [1.165, 1.54) is 0 Å². The van der Waals surface area contributed by atoms with Crippen LogP contribution in [0.4, 0.5) is 0 Å². The molecule has 0 aromatic carbocycles. The molecule has 1 aliphatic heterocycles. The Morgan fingerprint density at radius 2 is 2.62 bits per heavy atom. The van der Waals surface area contributed by atoms with Crippen molar-refractivity contribution in [3.8, 4) is 0 Å². The maximum absolute atomic E-state index is 5.26. The topological polar surface area (TPSA) is 47.3 Å². The van der Waals surface area contributed by atoms with Crippen molar-refractivity contribution in [3.63, 3.8) is 0 Å². The van der Waals surface area contributed by atoms with Crippen molar-refractivity contribution in [2.45, 2.75) is 11.4 Å². The van der Waals surface area contributed by atoms with Crippen LogP contribution < -0.4 is 11.2 Å².